The first-order valence-corrected chi connectivity index (χ1v) is 7.65. The van der Waals surface area contributed by atoms with Crippen molar-refractivity contribution in [3.05, 3.63) is 40.9 Å². The van der Waals surface area contributed by atoms with Crippen molar-refractivity contribution in [1.82, 2.24) is 5.32 Å². The first kappa shape index (κ1) is 14.8. The molecule has 0 bridgehead atoms. The molecule has 0 saturated heterocycles. The van der Waals surface area contributed by atoms with Crippen LogP contribution in [-0.4, -0.2) is 18.3 Å². The van der Waals surface area contributed by atoms with E-state index in [1.54, 1.807) is 0 Å². The highest BCUT2D eigenvalue weighted by atomic mass is 79.9. The quantitative estimate of drug-likeness (QED) is 0.588. The van der Waals surface area contributed by atoms with Gasteiger partial charge in [-0.05, 0) is 38.1 Å². The number of rotatable bonds is 7. The summed E-state index contributed by atoms with van der Waals surface area (Å²) >= 11 is 5.39. The van der Waals surface area contributed by atoms with Gasteiger partial charge in [0.1, 0.15) is 0 Å². The lowest BCUT2D eigenvalue weighted by atomic mass is 10.1. The fourth-order valence-electron chi connectivity index (χ4n) is 1.65. The van der Waals surface area contributed by atoms with E-state index in [2.05, 4.69) is 65.9 Å². The molecule has 0 fully saturated rings. The van der Waals surface area contributed by atoms with E-state index >= 15 is 0 Å². The number of thioether (sulfide) groups is 1. The van der Waals surface area contributed by atoms with Gasteiger partial charge in [0.05, 0.1) is 0 Å². The number of hydrogen-bond acceptors (Lipinski definition) is 2. The van der Waals surface area contributed by atoms with Gasteiger partial charge < -0.3 is 5.32 Å². The Labute approximate surface area is 117 Å². The molecule has 0 aromatic heterocycles. The molecule has 0 aliphatic heterocycles. The number of halogens is 1. The summed E-state index contributed by atoms with van der Waals surface area (Å²) < 4.78 is 1.14. The summed E-state index contributed by atoms with van der Waals surface area (Å²) in [5, 5.41) is 3.51. The Morgan fingerprint density at radius 2 is 2.29 bits per heavy atom. The largest absolute Gasteiger partial charge is 0.313 e. The molecule has 0 saturated carbocycles. The van der Waals surface area contributed by atoms with Gasteiger partial charge in [-0.3, -0.25) is 0 Å². The second-order valence-electron chi connectivity index (χ2n) is 4.18. The molecule has 1 atom stereocenters. The van der Waals surface area contributed by atoms with Crippen molar-refractivity contribution >= 4 is 27.7 Å². The highest BCUT2D eigenvalue weighted by molar-refractivity contribution is 9.10. The summed E-state index contributed by atoms with van der Waals surface area (Å²) in [6.07, 6.45) is 1.05. The molecule has 0 spiro atoms. The van der Waals surface area contributed by atoms with Crippen LogP contribution in [0.2, 0.25) is 0 Å². The highest BCUT2D eigenvalue weighted by Crippen LogP contribution is 2.23. The monoisotopic (exact) mass is 313 g/mol. The van der Waals surface area contributed by atoms with Gasteiger partial charge in [0.2, 0.25) is 0 Å². The molecule has 0 amide bonds. The zero-order valence-corrected chi connectivity index (χ0v) is 12.9. The molecule has 0 radical (unpaired) electrons. The second kappa shape index (κ2) is 7.96. The fraction of sp³-hybridized carbons (Fsp3) is 0.429. The maximum atomic E-state index is 3.99. The summed E-state index contributed by atoms with van der Waals surface area (Å²) in [6.45, 7) is 9.24. The second-order valence-corrected chi connectivity index (χ2v) is 6.19. The van der Waals surface area contributed by atoms with E-state index in [9.17, 15) is 0 Å². The molecule has 1 rings (SSSR count). The SMILES string of the molecule is C=C(C)CC(CSc1cccc(Br)c1)NCC. The third kappa shape index (κ3) is 6.29. The topological polar surface area (TPSA) is 12.0 Å². The summed E-state index contributed by atoms with van der Waals surface area (Å²) in [6, 6.07) is 8.96. The molecule has 1 aromatic rings. The molecular weight excluding hydrogens is 294 g/mol. The predicted molar refractivity (Wildman–Crippen MR) is 81.8 cm³/mol. The van der Waals surface area contributed by atoms with Gasteiger partial charge in [0.25, 0.3) is 0 Å². The van der Waals surface area contributed by atoms with E-state index in [1.165, 1.54) is 10.5 Å². The Balaban J connectivity index is 2.48. The average Bonchev–Trinajstić information content (AvgIpc) is 2.26. The van der Waals surface area contributed by atoms with E-state index in [1.807, 2.05) is 11.8 Å². The van der Waals surface area contributed by atoms with Gasteiger partial charge in [0, 0.05) is 21.2 Å². The molecule has 94 valence electrons. The van der Waals surface area contributed by atoms with Crippen LogP contribution in [0.3, 0.4) is 0 Å². The summed E-state index contributed by atoms with van der Waals surface area (Å²) in [4.78, 5) is 1.31. The van der Waals surface area contributed by atoms with Crippen molar-refractivity contribution in [3.63, 3.8) is 0 Å². The van der Waals surface area contributed by atoms with Crippen molar-refractivity contribution in [2.75, 3.05) is 12.3 Å². The minimum absolute atomic E-state index is 0.515. The van der Waals surface area contributed by atoms with E-state index in [4.69, 9.17) is 0 Å². The molecule has 17 heavy (non-hydrogen) atoms. The van der Waals surface area contributed by atoms with Gasteiger partial charge in [0.15, 0.2) is 0 Å². The van der Waals surface area contributed by atoms with Crippen LogP contribution in [0.1, 0.15) is 20.3 Å². The fourth-order valence-corrected chi connectivity index (χ4v) is 3.22. The minimum Gasteiger partial charge on any atom is -0.313 e. The van der Waals surface area contributed by atoms with Crippen molar-refractivity contribution in [1.29, 1.82) is 0 Å². The highest BCUT2D eigenvalue weighted by Gasteiger charge is 2.08. The molecule has 0 aliphatic carbocycles. The van der Waals surface area contributed by atoms with Crippen LogP contribution in [0.5, 0.6) is 0 Å². The van der Waals surface area contributed by atoms with Crippen LogP contribution in [0.15, 0.2) is 45.8 Å². The minimum atomic E-state index is 0.515. The van der Waals surface area contributed by atoms with E-state index in [-0.39, 0.29) is 0 Å². The number of nitrogens with one attached hydrogen (secondary N) is 1. The Morgan fingerprint density at radius 1 is 1.53 bits per heavy atom. The zero-order valence-electron chi connectivity index (χ0n) is 10.5. The van der Waals surface area contributed by atoms with Gasteiger partial charge in [-0.1, -0.05) is 34.5 Å². The zero-order chi connectivity index (χ0) is 12.7. The maximum Gasteiger partial charge on any atom is 0.0198 e. The lowest BCUT2D eigenvalue weighted by Crippen LogP contribution is -2.31. The van der Waals surface area contributed by atoms with Crippen LogP contribution in [0.4, 0.5) is 0 Å². The van der Waals surface area contributed by atoms with E-state index in [0.29, 0.717) is 6.04 Å². The van der Waals surface area contributed by atoms with Gasteiger partial charge >= 0.3 is 0 Å². The maximum absolute atomic E-state index is 3.99. The van der Waals surface area contributed by atoms with Crippen LogP contribution in [0.25, 0.3) is 0 Å². The normalized spacial score (nSPS) is 12.4. The Kier molecular flexibility index (Phi) is 6.93. The number of benzene rings is 1. The molecule has 1 unspecified atom stereocenters. The van der Waals surface area contributed by atoms with Crippen molar-refractivity contribution in [3.8, 4) is 0 Å². The van der Waals surface area contributed by atoms with Crippen LogP contribution in [-0.2, 0) is 0 Å². The smallest absolute Gasteiger partial charge is 0.0198 e. The predicted octanol–water partition coefficient (Wildman–Crippen LogP) is 4.49. The molecule has 1 aromatic carbocycles. The Bertz CT molecular complexity index is 365. The first-order chi connectivity index (χ1) is 8.11. The average molecular weight is 314 g/mol. The summed E-state index contributed by atoms with van der Waals surface area (Å²) in [5.74, 6) is 1.08. The molecular formula is C14H20BrNS. The van der Waals surface area contributed by atoms with Crippen molar-refractivity contribution in [2.45, 2.75) is 31.2 Å². The third-order valence-electron chi connectivity index (χ3n) is 2.33. The first-order valence-electron chi connectivity index (χ1n) is 5.88. The molecule has 0 heterocycles. The van der Waals surface area contributed by atoms with Crippen LogP contribution >= 0.6 is 27.7 Å². The molecule has 1 nitrogen and oxygen atoms in total. The van der Waals surface area contributed by atoms with Crippen molar-refractivity contribution in [2.24, 2.45) is 0 Å². The van der Waals surface area contributed by atoms with Crippen LogP contribution in [0, 0.1) is 0 Å². The van der Waals surface area contributed by atoms with Gasteiger partial charge in [-0.25, -0.2) is 0 Å². The lowest BCUT2D eigenvalue weighted by Gasteiger charge is -2.17. The Hall–Kier alpha value is -0.250. The summed E-state index contributed by atoms with van der Waals surface area (Å²) in [7, 11) is 0. The lowest BCUT2D eigenvalue weighted by molar-refractivity contribution is 0.571. The van der Waals surface area contributed by atoms with E-state index < -0.39 is 0 Å². The third-order valence-corrected chi connectivity index (χ3v) is 3.98. The van der Waals surface area contributed by atoms with Gasteiger partial charge in [-0.15, -0.1) is 18.3 Å². The van der Waals surface area contributed by atoms with Gasteiger partial charge in [-0.2, -0.15) is 0 Å². The van der Waals surface area contributed by atoms with Crippen molar-refractivity contribution < 1.29 is 0 Å². The van der Waals surface area contributed by atoms with E-state index in [0.717, 1.165) is 23.2 Å². The molecule has 1 N–H and O–H groups in total. The van der Waals surface area contributed by atoms with Crippen LogP contribution < -0.4 is 5.32 Å². The standard InChI is InChI=1S/C14H20BrNS/c1-4-16-13(8-11(2)3)10-17-14-7-5-6-12(15)9-14/h5-7,9,13,16H,2,4,8,10H2,1,3H3. The molecule has 3 heteroatoms. The molecule has 0 aliphatic rings. The summed E-state index contributed by atoms with van der Waals surface area (Å²) in [5.41, 5.74) is 1.24. The number of hydrogen-bond donors (Lipinski definition) is 1. The Morgan fingerprint density at radius 3 is 2.88 bits per heavy atom.